The van der Waals surface area contributed by atoms with E-state index in [0.29, 0.717) is 11.0 Å². The van der Waals surface area contributed by atoms with Crippen molar-refractivity contribution in [3.05, 3.63) is 23.0 Å². The van der Waals surface area contributed by atoms with Crippen LogP contribution in [-0.4, -0.2) is 25.9 Å². The van der Waals surface area contributed by atoms with Crippen LogP contribution in [0.1, 0.15) is 29.5 Å². The van der Waals surface area contributed by atoms with Crippen molar-refractivity contribution >= 4 is 22.4 Å². The van der Waals surface area contributed by atoms with Gasteiger partial charge in [-0.2, -0.15) is 18.3 Å². The fraction of sp³-hybridized carbons (Fsp3) is 0.455. The van der Waals surface area contributed by atoms with E-state index in [9.17, 15) is 18.0 Å². The van der Waals surface area contributed by atoms with Crippen LogP contribution >= 0.6 is 11.3 Å². The highest BCUT2D eigenvalue weighted by Gasteiger charge is 2.33. The number of nitrogens with one attached hydrogen (secondary N) is 1. The summed E-state index contributed by atoms with van der Waals surface area (Å²) in [7, 11) is 0. The Morgan fingerprint density at radius 1 is 1.43 bits per heavy atom. The minimum atomic E-state index is -4.51. The second-order valence-corrected chi connectivity index (χ2v) is 5.67. The summed E-state index contributed by atoms with van der Waals surface area (Å²) in [4.78, 5) is 11.7. The van der Waals surface area contributed by atoms with Gasteiger partial charge in [0, 0.05) is 12.1 Å². The number of amides is 1. The quantitative estimate of drug-likeness (QED) is 0.939. The molecule has 1 aliphatic carbocycles. The number of halogens is 3. The van der Waals surface area contributed by atoms with Crippen molar-refractivity contribution < 1.29 is 18.0 Å². The third kappa shape index (κ3) is 3.38. The maximum absolute atomic E-state index is 12.4. The Morgan fingerprint density at radius 2 is 2.19 bits per heavy atom. The van der Waals surface area contributed by atoms with Crippen LogP contribution < -0.4 is 5.32 Å². The molecule has 2 aromatic rings. The van der Waals surface area contributed by atoms with Gasteiger partial charge in [0.2, 0.25) is 11.0 Å². The molecule has 1 fully saturated rings. The van der Waals surface area contributed by atoms with Crippen LogP contribution in [0.15, 0.2) is 12.3 Å². The van der Waals surface area contributed by atoms with Gasteiger partial charge in [0.15, 0.2) is 5.69 Å². The first-order chi connectivity index (χ1) is 9.91. The van der Waals surface area contributed by atoms with E-state index in [2.05, 4.69) is 20.6 Å². The van der Waals surface area contributed by atoms with Crippen LogP contribution in [0.4, 0.5) is 18.3 Å². The Hall–Kier alpha value is -1.97. The zero-order chi connectivity index (χ0) is 15.0. The predicted molar refractivity (Wildman–Crippen MR) is 67.7 cm³/mol. The molecule has 112 valence electrons. The molecule has 1 amide bonds. The molecule has 0 aromatic carbocycles. The van der Waals surface area contributed by atoms with Gasteiger partial charge in [-0.05, 0) is 18.9 Å². The fourth-order valence-electron chi connectivity index (χ4n) is 1.69. The first-order valence-corrected chi connectivity index (χ1v) is 6.97. The minimum absolute atomic E-state index is 0.311. The molecule has 1 saturated carbocycles. The van der Waals surface area contributed by atoms with Gasteiger partial charge >= 0.3 is 6.18 Å². The molecule has 0 bridgehead atoms. The lowest BCUT2D eigenvalue weighted by Gasteiger charge is -2.02. The average Bonchev–Trinajstić information content (AvgIpc) is 2.94. The van der Waals surface area contributed by atoms with Crippen LogP contribution in [0.3, 0.4) is 0 Å². The van der Waals surface area contributed by atoms with Crippen LogP contribution in [0.2, 0.25) is 0 Å². The summed E-state index contributed by atoms with van der Waals surface area (Å²) < 4.78 is 38.1. The molecule has 0 unspecified atom stereocenters. The van der Waals surface area contributed by atoms with E-state index < -0.39 is 17.8 Å². The number of anilines is 1. The first kappa shape index (κ1) is 14.0. The molecule has 2 heterocycles. The SMILES string of the molecule is O=C(Cn1ccc(C(F)(F)F)n1)Nc1nnc(C2CC2)s1. The summed E-state index contributed by atoms with van der Waals surface area (Å²) >= 11 is 1.29. The van der Waals surface area contributed by atoms with Crippen molar-refractivity contribution in [3.63, 3.8) is 0 Å². The summed E-state index contributed by atoms with van der Waals surface area (Å²) in [5.41, 5.74) is -1.03. The van der Waals surface area contributed by atoms with Gasteiger partial charge in [0.05, 0.1) is 0 Å². The van der Waals surface area contributed by atoms with Gasteiger partial charge < -0.3 is 0 Å². The van der Waals surface area contributed by atoms with Crippen molar-refractivity contribution in [3.8, 4) is 0 Å². The van der Waals surface area contributed by atoms with Crippen LogP contribution in [0.5, 0.6) is 0 Å². The standard InChI is InChI=1S/C11H10F3N5OS/c12-11(13,14)7-3-4-19(18-7)5-8(20)15-10-17-16-9(21-10)6-1-2-6/h3-4,6H,1-2,5H2,(H,15,17,20). The summed E-state index contributed by atoms with van der Waals surface area (Å²) in [6, 6.07) is 0.823. The lowest BCUT2D eigenvalue weighted by molar-refractivity contribution is -0.141. The van der Waals surface area contributed by atoms with E-state index >= 15 is 0 Å². The Labute approximate surface area is 121 Å². The number of alkyl halides is 3. The Balaban J connectivity index is 1.59. The summed E-state index contributed by atoms with van der Waals surface area (Å²) in [6.45, 7) is -0.311. The van der Waals surface area contributed by atoms with Gasteiger partial charge in [0.1, 0.15) is 11.6 Å². The molecule has 0 atom stereocenters. The van der Waals surface area contributed by atoms with Gasteiger partial charge in [-0.15, -0.1) is 10.2 Å². The normalized spacial score (nSPS) is 15.2. The third-order valence-corrected chi connectivity index (χ3v) is 3.85. The predicted octanol–water partition coefficient (Wildman–Crippen LogP) is 2.27. The highest BCUT2D eigenvalue weighted by molar-refractivity contribution is 7.15. The molecule has 0 radical (unpaired) electrons. The lowest BCUT2D eigenvalue weighted by Crippen LogP contribution is -2.19. The molecule has 1 N–H and O–H groups in total. The van der Waals surface area contributed by atoms with Crippen molar-refractivity contribution in [2.45, 2.75) is 31.5 Å². The number of nitrogens with zero attached hydrogens (tertiary/aromatic N) is 4. The van der Waals surface area contributed by atoms with E-state index in [1.807, 2.05) is 0 Å². The van der Waals surface area contributed by atoms with Crippen molar-refractivity contribution in [1.82, 2.24) is 20.0 Å². The first-order valence-electron chi connectivity index (χ1n) is 6.16. The molecule has 0 spiro atoms. The van der Waals surface area contributed by atoms with Gasteiger partial charge in [-0.3, -0.25) is 14.8 Å². The average molecular weight is 317 g/mol. The zero-order valence-corrected chi connectivity index (χ0v) is 11.4. The Kier molecular flexibility index (Phi) is 3.40. The van der Waals surface area contributed by atoms with E-state index in [0.717, 1.165) is 34.8 Å². The minimum Gasteiger partial charge on any atom is -0.299 e. The van der Waals surface area contributed by atoms with Crippen molar-refractivity contribution in [2.75, 3.05) is 5.32 Å². The summed E-state index contributed by atoms with van der Waals surface area (Å²) in [5, 5.41) is 14.8. The number of aromatic nitrogens is 4. The van der Waals surface area contributed by atoms with Crippen molar-refractivity contribution in [2.24, 2.45) is 0 Å². The second-order valence-electron chi connectivity index (χ2n) is 4.66. The molecule has 3 rings (SSSR count). The lowest BCUT2D eigenvalue weighted by atomic mass is 10.4. The molecule has 10 heteroatoms. The second kappa shape index (κ2) is 5.10. The van der Waals surface area contributed by atoms with Crippen LogP contribution in [0.25, 0.3) is 0 Å². The molecule has 0 saturated heterocycles. The maximum atomic E-state index is 12.4. The third-order valence-electron chi connectivity index (χ3n) is 2.85. The molecule has 2 aromatic heterocycles. The van der Waals surface area contributed by atoms with Gasteiger partial charge in [0.25, 0.3) is 0 Å². The monoisotopic (exact) mass is 317 g/mol. The van der Waals surface area contributed by atoms with Gasteiger partial charge in [-0.1, -0.05) is 11.3 Å². The summed E-state index contributed by atoms with van der Waals surface area (Å²) in [5.74, 6) is -0.0565. The highest BCUT2D eigenvalue weighted by atomic mass is 32.1. The highest BCUT2D eigenvalue weighted by Crippen LogP contribution is 2.42. The van der Waals surface area contributed by atoms with Crippen LogP contribution in [0, 0.1) is 0 Å². The number of rotatable bonds is 4. The number of hydrogen-bond donors (Lipinski definition) is 1. The van der Waals surface area contributed by atoms with Crippen LogP contribution in [-0.2, 0) is 17.5 Å². The number of carbonyl (C=O) groups excluding carboxylic acids is 1. The maximum Gasteiger partial charge on any atom is 0.435 e. The molecule has 21 heavy (non-hydrogen) atoms. The van der Waals surface area contributed by atoms with E-state index in [-0.39, 0.29) is 6.54 Å². The topological polar surface area (TPSA) is 72.7 Å². The smallest absolute Gasteiger partial charge is 0.299 e. The van der Waals surface area contributed by atoms with E-state index in [1.165, 1.54) is 11.3 Å². The largest absolute Gasteiger partial charge is 0.435 e. The number of hydrogen-bond acceptors (Lipinski definition) is 5. The zero-order valence-electron chi connectivity index (χ0n) is 10.6. The van der Waals surface area contributed by atoms with E-state index in [1.54, 1.807) is 0 Å². The van der Waals surface area contributed by atoms with Gasteiger partial charge in [-0.25, -0.2) is 0 Å². The fourth-order valence-corrected chi connectivity index (χ4v) is 2.62. The van der Waals surface area contributed by atoms with E-state index in [4.69, 9.17) is 0 Å². The Morgan fingerprint density at radius 3 is 2.81 bits per heavy atom. The molecular weight excluding hydrogens is 307 g/mol. The Bertz CT molecular complexity index is 661. The molecule has 0 aliphatic heterocycles. The number of carbonyl (C=O) groups is 1. The summed E-state index contributed by atoms with van der Waals surface area (Å²) in [6.07, 6.45) is -1.25. The molecular formula is C11H10F3N5OS. The van der Waals surface area contributed by atoms with Crippen molar-refractivity contribution in [1.29, 1.82) is 0 Å². The molecule has 6 nitrogen and oxygen atoms in total. The molecule has 1 aliphatic rings.